The van der Waals surface area contributed by atoms with Crippen molar-refractivity contribution in [2.75, 3.05) is 0 Å². The van der Waals surface area contributed by atoms with E-state index in [2.05, 4.69) is 4.98 Å². The Bertz CT molecular complexity index is 989. The number of hydrogen-bond acceptors (Lipinski definition) is 2. The number of aromatic amines is 1. The van der Waals surface area contributed by atoms with E-state index in [1.807, 2.05) is 24.3 Å². The molecule has 3 aromatic rings. The van der Waals surface area contributed by atoms with Crippen LogP contribution in [-0.2, 0) is 12.8 Å². The largest absolute Gasteiger partial charge is 0.488 e. The highest BCUT2D eigenvalue weighted by atomic mass is 19.4. The first-order chi connectivity index (χ1) is 10.9. The summed E-state index contributed by atoms with van der Waals surface area (Å²) < 4.78 is 45.7. The second kappa shape index (κ2) is 4.62. The molecule has 1 N–H and O–H groups in total. The Morgan fingerprint density at radius 1 is 1.04 bits per heavy atom. The molecule has 0 aliphatic carbocycles. The van der Waals surface area contributed by atoms with E-state index in [1.165, 1.54) is 6.07 Å². The summed E-state index contributed by atoms with van der Waals surface area (Å²) >= 11 is 0. The van der Waals surface area contributed by atoms with Crippen molar-refractivity contribution in [2.24, 2.45) is 0 Å². The summed E-state index contributed by atoms with van der Waals surface area (Å²) in [6.07, 6.45) is -4.64. The lowest BCUT2D eigenvalue weighted by molar-refractivity contribution is -0.136. The van der Waals surface area contributed by atoms with Crippen LogP contribution < -0.4 is 10.3 Å². The molecule has 0 saturated heterocycles. The predicted octanol–water partition coefficient (Wildman–Crippen LogP) is 4.11. The first kappa shape index (κ1) is 13.9. The number of benzene rings is 2. The van der Waals surface area contributed by atoms with Crippen LogP contribution in [0.3, 0.4) is 0 Å². The Kier molecular flexibility index (Phi) is 2.78. The topological polar surface area (TPSA) is 42.1 Å². The zero-order chi connectivity index (χ0) is 16.2. The van der Waals surface area contributed by atoms with Crippen molar-refractivity contribution < 1.29 is 17.9 Å². The normalized spacial score (nSPS) is 13.3. The standard InChI is InChI=1S/C17H10F3NO2/c18-17(19,20)12-7-14(22)21-13-6-5-11-10-4-2-1-3-9(10)8-23-16(11)15(12)13/h1-7H,8H2,(H,21,22). The van der Waals surface area contributed by atoms with Crippen molar-refractivity contribution in [3.05, 3.63) is 63.9 Å². The number of aromatic nitrogens is 1. The third kappa shape index (κ3) is 2.10. The van der Waals surface area contributed by atoms with Gasteiger partial charge in [0.05, 0.1) is 16.5 Å². The molecule has 1 aliphatic heterocycles. The minimum Gasteiger partial charge on any atom is -0.488 e. The van der Waals surface area contributed by atoms with E-state index in [0.717, 1.165) is 11.1 Å². The van der Waals surface area contributed by atoms with E-state index < -0.39 is 17.3 Å². The second-order valence-electron chi connectivity index (χ2n) is 5.36. The molecular formula is C17H10F3NO2. The zero-order valence-corrected chi connectivity index (χ0v) is 11.7. The van der Waals surface area contributed by atoms with Crippen molar-refractivity contribution in [3.63, 3.8) is 0 Å². The molecule has 0 amide bonds. The van der Waals surface area contributed by atoms with Crippen LogP contribution in [0.2, 0.25) is 0 Å². The van der Waals surface area contributed by atoms with E-state index >= 15 is 0 Å². The molecule has 0 spiro atoms. The van der Waals surface area contributed by atoms with Crippen LogP contribution in [0.15, 0.2) is 47.3 Å². The molecule has 23 heavy (non-hydrogen) atoms. The van der Waals surface area contributed by atoms with Gasteiger partial charge < -0.3 is 9.72 Å². The number of fused-ring (bicyclic) bond motifs is 5. The summed E-state index contributed by atoms with van der Waals surface area (Å²) in [7, 11) is 0. The number of pyridine rings is 1. The second-order valence-corrected chi connectivity index (χ2v) is 5.36. The third-order valence-electron chi connectivity index (χ3n) is 3.95. The molecule has 0 atom stereocenters. The van der Waals surface area contributed by atoms with Crippen LogP contribution in [0.25, 0.3) is 22.0 Å². The van der Waals surface area contributed by atoms with Gasteiger partial charge in [-0.2, -0.15) is 13.2 Å². The monoisotopic (exact) mass is 317 g/mol. The van der Waals surface area contributed by atoms with Crippen LogP contribution in [0.1, 0.15) is 11.1 Å². The van der Waals surface area contributed by atoms with Crippen molar-refractivity contribution in [2.45, 2.75) is 12.8 Å². The van der Waals surface area contributed by atoms with Crippen LogP contribution in [0, 0.1) is 0 Å². The molecule has 2 aromatic carbocycles. The molecule has 3 nitrogen and oxygen atoms in total. The molecule has 116 valence electrons. The molecule has 6 heteroatoms. The third-order valence-corrected chi connectivity index (χ3v) is 3.95. The summed E-state index contributed by atoms with van der Waals surface area (Å²) in [5, 5.41) is -0.107. The first-order valence-electron chi connectivity index (χ1n) is 6.93. The zero-order valence-electron chi connectivity index (χ0n) is 11.7. The quantitative estimate of drug-likeness (QED) is 0.678. The number of hydrogen-bond donors (Lipinski definition) is 1. The fourth-order valence-corrected chi connectivity index (χ4v) is 2.97. The molecule has 0 unspecified atom stereocenters. The molecule has 1 aromatic heterocycles. The van der Waals surface area contributed by atoms with Gasteiger partial charge in [-0.1, -0.05) is 24.3 Å². The Hall–Kier alpha value is -2.76. The molecule has 0 saturated carbocycles. The highest BCUT2D eigenvalue weighted by Crippen LogP contribution is 2.45. The van der Waals surface area contributed by atoms with E-state index in [0.29, 0.717) is 11.6 Å². The number of ether oxygens (including phenoxy) is 1. The average Bonchev–Trinajstić information content (AvgIpc) is 2.52. The molecule has 1 aliphatic rings. The smallest absolute Gasteiger partial charge is 0.417 e. The molecule has 2 heterocycles. The van der Waals surface area contributed by atoms with Gasteiger partial charge in [-0.3, -0.25) is 4.79 Å². The van der Waals surface area contributed by atoms with Crippen LogP contribution in [0.5, 0.6) is 5.75 Å². The maximum atomic E-state index is 13.4. The van der Waals surface area contributed by atoms with Gasteiger partial charge in [0.2, 0.25) is 5.56 Å². The highest BCUT2D eigenvalue weighted by Gasteiger charge is 2.35. The minimum atomic E-state index is -4.64. The minimum absolute atomic E-state index is 0.107. The van der Waals surface area contributed by atoms with E-state index in [-0.39, 0.29) is 23.3 Å². The van der Waals surface area contributed by atoms with Gasteiger partial charge in [0, 0.05) is 11.6 Å². The fraction of sp³-hybridized carbons (Fsp3) is 0.118. The summed E-state index contributed by atoms with van der Waals surface area (Å²) in [5.41, 5.74) is 0.695. The molecule has 0 bridgehead atoms. The molecular weight excluding hydrogens is 307 g/mol. The summed E-state index contributed by atoms with van der Waals surface area (Å²) in [6, 6.07) is 11.1. The Morgan fingerprint density at radius 2 is 1.83 bits per heavy atom. The van der Waals surface area contributed by atoms with Gasteiger partial charge in [-0.15, -0.1) is 0 Å². The number of rotatable bonds is 0. The maximum Gasteiger partial charge on any atom is 0.417 e. The van der Waals surface area contributed by atoms with Crippen molar-refractivity contribution in [3.8, 4) is 16.9 Å². The molecule has 0 fully saturated rings. The fourth-order valence-electron chi connectivity index (χ4n) is 2.97. The Morgan fingerprint density at radius 3 is 2.61 bits per heavy atom. The Labute approximate surface area is 128 Å². The Balaban J connectivity index is 2.13. The van der Waals surface area contributed by atoms with Gasteiger partial charge >= 0.3 is 6.18 Å². The van der Waals surface area contributed by atoms with E-state index in [9.17, 15) is 18.0 Å². The van der Waals surface area contributed by atoms with Gasteiger partial charge in [0.1, 0.15) is 12.4 Å². The van der Waals surface area contributed by atoms with Gasteiger partial charge in [-0.25, -0.2) is 0 Å². The number of H-pyrrole nitrogens is 1. The van der Waals surface area contributed by atoms with Crippen LogP contribution in [-0.4, -0.2) is 4.98 Å². The van der Waals surface area contributed by atoms with Gasteiger partial charge in [0.15, 0.2) is 0 Å². The highest BCUT2D eigenvalue weighted by molar-refractivity contribution is 5.96. The lowest BCUT2D eigenvalue weighted by atomic mass is 9.94. The van der Waals surface area contributed by atoms with Crippen molar-refractivity contribution >= 4 is 10.9 Å². The van der Waals surface area contributed by atoms with E-state index in [4.69, 9.17) is 4.74 Å². The molecule has 0 radical (unpaired) electrons. The molecule has 4 rings (SSSR count). The lowest BCUT2D eigenvalue weighted by Gasteiger charge is -2.23. The summed E-state index contributed by atoms with van der Waals surface area (Å²) in [6.45, 7) is 0.193. The van der Waals surface area contributed by atoms with Gasteiger partial charge in [-0.05, 0) is 23.3 Å². The van der Waals surface area contributed by atoms with Crippen LogP contribution >= 0.6 is 0 Å². The summed E-state index contributed by atoms with van der Waals surface area (Å²) in [4.78, 5) is 14.0. The van der Waals surface area contributed by atoms with Crippen LogP contribution in [0.4, 0.5) is 13.2 Å². The van der Waals surface area contributed by atoms with E-state index in [1.54, 1.807) is 6.07 Å². The lowest BCUT2D eigenvalue weighted by Crippen LogP contribution is -2.15. The number of alkyl halides is 3. The number of halogens is 3. The average molecular weight is 317 g/mol. The SMILES string of the molecule is O=c1cc(C(F)(F)F)c2c3c(ccc2[nH]1)-c1ccccc1CO3. The number of nitrogens with one attached hydrogen (secondary N) is 1. The van der Waals surface area contributed by atoms with Crippen molar-refractivity contribution in [1.82, 2.24) is 4.98 Å². The van der Waals surface area contributed by atoms with Gasteiger partial charge in [0.25, 0.3) is 0 Å². The van der Waals surface area contributed by atoms with Crippen molar-refractivity contribution in [1.29, 1.82) is 0 Å². The maximum absolute atomic E-state index is 13.4. The predicted molar refractivity (Wildman–Crippen MR) is 79.3 cm³/mol. The first-order valence-corrected chi connectivity index (χ1v) is 6.93. The summed E-state index contributed by atoms with van der Waals surface area (Å²) in [5.74, 6) is 0.157.